The average molecular weight is 416 g/mol. The topological polar surface area (TPSA) is 134 Å². The molecule has 2 aromatic carbocycles. The minimum absolute atomic E-state index is 0.0137. The summed E-state index contributed by atoms with van der Waals surface area (Å²) in [5.41, 5.74) is 0.284. The number of nitro benzene ring substituents is 1. The first kappa shape index (κ1) is 20.5. The summed E-state index contributed by atoms with van der Waals surface area (Å²) in [4.78, 5) is 26.1. The molecule has 10 heteroatoms. The number of nitrogens with one attached hydrogen (secondary N) is 3. The van der Waals surface area contributed by atoms with Gasteiger partial charge in [-0.3, -0.25) is 14.9 Å². The number of non-ortho nitro benzene ring substituents is 1. The number of hydrogen-bond donors (Lipinski definition) is 3. The van der Waals surface area contributed by atoms with Crippen LogP contribution in [0.5, 0.6) is 0 Å². The summed E-state index contributed by atoms with van der Waals surface area (Å²) in [6.45, 7) is 5.19. The summed E-state index contributed by atoms with van der Waals surface area (Å²) in [5.74, 6) is -0.518. The van der Waals surface area contributed by atoms with E-state index in [1.165, 1.54) is 42.6 Å². The number of benzene rings is 2. The van der Waals surface area contributed by atoms with E-state index in [-0.39, 0.29) is 21.8 Å². The van der Waals surface area contributed by atoms with Crippen molar-refractivity contribution in [2.75, 3.05) is 5.32 Å². The number of aromatic nitrogens is 1. The first-order chi connectivity index (χ1) is 13.5. The summed E-state index contributed by atoms with van der Waals surface area (Å²) in [6, 6.07) is 10.0. The first-order valence-corrected chi connectivity index (χ1v) is 10.2. The number of nitro groups is 1. The highest BCUT2D eigenvalue weighted by molar-refractivity contribution is 7.89. The van der Waals surface area contributed by atoms with E-state index in [2.05, 4.69) is 15.0 Å². The van der Waals surface area contributed by atoms with Gasteiger partial charge in [-0.1, -0.05) is 6.07 Å². The summed E-state index contributed by atoms with van der Waals surface area (Å²) >= 11 is 0. The van der Waals surface area contributed by atoms with E-state index in [1.54, 1.807) is 26.8 Å². The van der Waals surface area contributed by atoms with Crippen molar-refractivity contribution in [2.45, 2.75) is 31.2 Å². The molecule has 9 nitrogen and oxygen atoms in total. The summed E-state index contributed by atoms with van der Waals surface area (Å²) in [5, 5.41) is 14.0. The van der Waals surface area contributed by atoms with Crippen LogP contribution in [0.15, 0.2) is 53.6 Å². The van der Waals surface area contributed by atoms with Crippen LogP contribution in [0, 0.1) is 10.1 Å². The number of fused-ring (bicyclic) bond motifs is 1. The van der Waals surface area contributed by atoms with Crippen LogP contribution in [-0.4, -0.2) is 29.8 Å². The van der Waals surface area contributed by atoms with Crippen LogP contribution < -0.4 is 10.0 Å². The zero-order valence-corrected chi connectivity index (χ0v) is 16.8. The second-order valence-electron chi connectivity index (χ2n) is 7.53. The normalized spacial score (nSPS) is 12.1. The zero-order chi connectivity index (χ0) is 21.4. The number of nitrogens with zero attached hydrogens (tertiary/aromatic N) is 1. The highest BCUT2D eigenvalue weighted by Gasteiger charge is 2.22. The standard InChI is InChI=1S/C19H20N4O5S/c1-19(2,3)22-29(27,28)14-6-4-5-12(9-14)21-18(24)16-11-20-17-8-7-13(23(25)26)10-15(16)17/h4-11,20,22H,1-3H3,(H,21,24). The molecule has 3 rings (SSSR count). The SMILES string of the molecule is CC(C)(C)NS(=O)(=O)c1cccc(NC(=O)c2c[nH]c3ccc([N+](=O)[O-])cc23)c1. The van der Waals surface area contributed by atoms with Gasteiger partial charge in [-0.2, -0.15) is 0 Å². The van der Waals surface area contributed by atoms with E-state index < -0.39 is 26.4 Å². The molecule has 152 valence electrons. The molecule has 1 aromatic heterocycles. The van der Waals surface area contributed by atoms with Gasteiger partial charge in [-0.05, 0) is 45.0 Å². The maximum Gasteiger partial charge on any atom is 0.270 e. The minimum Gasteiger partial charge on any atom is -0.360 e. The lowest BCUT2D eigenvalue weighted by Gasteiger charge is -2.20. The van der Waals surface area contributed by atoms with E-state index in [1.807, 2.05) is 0 Å². The predicted molar refractivity (Wildman–Crippen MR) is 109 cm³/mol. The molecule has 29 heavy (non-hydrogen) atoms. The number of aromatic amines is 1. The van der Waals surface area contributed by atoms with E-state index >= 15 is 0 Å². The lowest BCUT2D eigenvalue weighted by molar-refractivity contribution is -0.384. The fraction of sp³-hybridized carbons (Fsp3) is 0.211. The van der Waals surface area contributed by atoms with Gasteiger partial charge >= 0.3 is 0 Å². The molecule has 0 aliphatic rings. The summed E-state index contributed by atoms with van der Waals surface area (Å²) < 4.78 is 27.5. The van der Waals surface area contributed by atoms with E-state index in [4.69, 9.17) is 0 Å². The lowest BCUT2D eigenvalue weighted by Crippen LogP contribution is -2.40. The molecule has 0 atom stereocenters. The number of hydrogen-bond acceptors (Lipinski definition) is 5. The van der Waals surface area contributed by atoms with E-state index in [0.717, 1.165) is 0 Å². The molecular weight excluding hydrogens is 396 g/mol. The van der Waals surface area contributed by atoms with Gasteiger partial charge in [0, 0.05) is 40.5 Å². The Hall–Kier alpha value is -3.24. The number of rotatable bonds is 5. The molecule has 0 aliphatic carbocycles. The second kappa shape index (κ2) is 7.30. The molecule has 0 saturated carbocycles. The van der Waals surface area contributed by atoms with Crippen LogP contribution in [0.1, 0.15) is 31.1 Å². The van der Waals surface area contributed by atoms with Crippen molar-refractivity contribution in [2.24, 2.45) is 0 Å². The zero-order valence-electron chi connectivity index (χ0n) is 16.0. The fourth-order valence-corrected chi connectivity index (χ4v) is 4.28. The van der Waals surface area contributed by atoms with Crippen molar-refractivity contribution in [1.82, 2.24) is 9.71 Å². The van der Waals surface area contributed by atoms with Crippen molar-refractivity contribution in [1.29, 1.82) is 0 Å². The lowest BCUT2D eigenvalue weighted by atomic mass is 10.1. The van der Waals surface area contributed by atoms with E-state index in [0.29, 0.717) is 10.9 Å². The molecule has 0 fully saturated rings. The van der Waals surface area contributed by atoms with Crippen molar-refractivity contribution in [3.8, 4) is 0 Å². The molecule has 3 aromatic rings. The molecule has 0 radical (unpaired) electrons. The van der Waals surface area contributed by atoms with Crippen molar-refractivity contribution < 1.29 is 18.1 Å². The molecular formula is C19H20N4O5S. The molecule has 1 heterocycles. The first-order valence-electron chi connectivity index (χ1n) is 8.67. The number of sulfonamides is 1. The maximum atomic E-state index is 12.7. The quantitative estimate of drug-likeness (QED) is 0.433. The Labute approximate surface area is 167 Å². The van der Waals surface area contributed by atoms with Crippen LogP contribution in [-0.2, 0) is 10.0 Å². The van der Waals surface area contributed by atoms with Crippen LogP contribution in [0.2, 0.25) is 0 Å². The van der Waals surface area contributed by atoms with Gasteiger partial charge in [-0.25, -0.2) is 13.1 Å². The Morgan fingerprint density at radius 3 is 2.52 bits per heavy atom. The number of carbonyl (C=O) groups is 1. The Balaban J connectivity index is 1.90. The third-order valence-corrected chi connectivity index (χ3v) is 5.72. The molecule has 3 N–H and O–H groups in total. The van der Waals surface area contributed by atoms with Gasteiger partial charge in [0.2, 0.25) is 10.0 Å². The van der Waals surface area contributed by atoms with Crippen molar-refractivity contribution in [3.05, 3.63) is 64.3 Å². The number of amides is 1. The molecule has 0 bridgehead atoms. The monoisotopic (exact) mass is 416 g/mol. The molecule has 0 aliphatic heterocycles. The summed E-state index contributed by atoms with van der Waals surface area (Å²) in [7, 11) is -3.76. The smallest absolute Gasteiger partial charge is 0.270 e. The van der Waals surface area contributed by atoms with Crippen molar-refractivity contribution >= 4 is 38.2 Å². The second-order valence-corrected chi connectivity index (χ2v) is 9.21. The Morgan fingerprint density at radius 2 is 1.86 bits per heavy atom. The van der Waals surface area contributed by atoms with E-state index in [9.17, 15) is 23.3 Å². The molecule has 0 spiro atoms. The molecule has 0 unspecified atom stereocenters. The minimum atomic E-state index is -3.76. The highest BCUT2D eigenvalue weighted by Crippen LogP contribution is 2.25. The third-order valence-electron chi connectivity index (χ3n) is 3.96. The van der Waals surface area contributed by atoms with Crippen LogP contribution in [0.25, 0.3) is 10.9 Å². The molecule has 0 saturated heterocycles. The fourth-order valence-electron chi connectivity index (χ4n) is 2.81. The van der Waals surface area contributed by atoms with Gasteiger partial charge in [-0.15, -0.1) is 0 Å². The maximum absolute atomic E-state index is 12.7. The highest BCUT2D eigenvalue weighted by atomic mass is 32.2. The van der Waals surface area contributed by atoms with Crippen LogP contribution in [0.3, 0.4) is 0 Å². The van der Waals surface area contributed by atoms with Gasteiger partial charge in [0.05, 0.1) is 15.4 Å². The Morgan fingerprint density at radius 1 is 1.14 bits per heavy atom. The Bertz CT molecular complexity index is 1210. The number of anilines is 1. The van der Waals surface area contributed by atoms with Gasteiger partial charge in [0.1, 0.15) is 0 Å². The van der Waals surface area contributed by atoms with Gasteiger partial charge in [0.15, 0.2) is 0 Å². The van der Waals surface area contributed by atoms with Crippen molar-refractivity contribution in [3.63, 3.8) is 0 Å². The average Bonchev–Trinajstić information content (AvgIpc) is 3.03. The number of carbonyl (C=O) groups excluding carboxylic acids is 1. The number of H-pyrrole nitrogens is 1. The van der Waals surface area contributed by atoms with Gasteiger partial charge in [0.25, 0.3) is 11.6 Å². The molecule has 1 amide bonds. The van der Waals surface area contributed by atoms with Crippen LogP contribution >= 0.6 is 0 Å². The largest absolute Gasteiger partial charge is 0.360 e. The van der Waals surface area contributed by atoms with Gasteiger partial charge < -0.3 is 10.3 Å². The Kier molecular flexibility index (Phi) is 5.16. The van der Waals surface area contributed by atoms with Crippen LogP contribution in [0.4, 0.5) is 11.4 Å². The third kappa shape index (κ3) is 4.61. The predicted octanol–water partition coefficient (Wildman–Crippen LogP) is 3.41. The summed E-state index contributed by atoms with van der Waals surface area (Å²) in [6.07, 6.45) is 1.45.